The Labute approximate surface area is 220 Å². The zero-order chi connectivity index (χ0) is 27.2. The molecule has 0 aliphatic heterocycles. The first-order valence-electron chi connectivity index (χ1n) is 12.5. The Hall–Kier alpha value is -3.29. The second-order valence-electron chi connectivity index (χ2n) is 9.44. The lowest BCUT2D eigenvalue weighted by atomic mass is 9.95. The van der Waals surface area contributed by atoms with E-state index in [1.807, 2.05) is 71.0 Å². The van der Waals surface area contributed by atoms with Crippen molar-refractivity contribution >= 4 is 21.6 Å². The summed E-state index contributed by atoms with van der Waals surface area (Å²) in [5, 5.41) is 8.92. The predicted octanol–water partition coefficient (Wildman–Crippen LogP) is 5.83. The third kappa shape index (κ3) is 6.93. The molecule has 1 heterocycles. The number of hydrogen-bond acceptors (Lipinski definition) is 4. The number of pyridine rings is 1. The van der Waals surface area contributed by atoms with Crippen LogP contribution in [0, 0.1) is 34.6 Å². The van der Waals surface area contributed by atoms with Gasteiger partial charge in [0.05, 0.1) is 4.90 Å². The van der Waals surface area contributed by atoms with Gasteiger partial charge in [-0.2, -0.15) is 0 Å². The number of carbonyl (C=O) groups is 1. The molecule has 0 saturated carbocycles. The monoisotopic (exact) mass is 520 g/mol. The van der Waals surface area contributed by atoms with Crippen molar-refractivity contribution in [1.82, 2.24) is 9.71 Å². The highest BCUT2D eigenvalue weighted by Gasteiger charge is 2.23. The fourth-order valence-corrected chi connectivity index (χ4v) is 6.17. The van der Waals surface area contributed by atoms with Crippen molar-refractivity contribution in [3.05, 3.63) is 99.4 Å². The fourth-order valence-electron chi connectivity index (χ4n) is 4.55. The maximum atomic E-state index is 13.2. The van der Waals surface area contributed by atoms with Crippen LogP contribution in [-0.2, 0) is 21.2 Å². The van der Waals surface area contributed by atoms with Crippen molar-refractivity contribution < 1.29 is 18.3 Å². The van der Waals surface area contributed by atoms with Gasteiger partial charge >= 0.3 is 5.97 Å². The molecule has 0 radical (unpaired) electrons. The van der Waals surface area contributed by atoms with E-state index in [4.69, 9.17) is 5.11 Å². The molecule has 2 N–H and O–H groups in total. The summed E-state index contributed by atoms with van der Waals surface area (Å²) in [7, 11) is -3.64. The Bertz CT molecular complexity index is 1360. The number of allylic oxidation sites excluding steroid dienone is 1. The predicted molar refractivity (Wildman–Crippen MR) is 148 cm³/mol. The topological polar surface area (TPSA) is 96.4 Å². The molecule has 0 unspecified atom stereocenters. The maximum Gasteiger partial charge on any atom is 0.303 e. The van der Waals surface area contributed by atoms with E-state index in [2.05, 4.69) is 15.8 Å². The normalized spacial score (nSPS) is 12.1. The third-order valence-electron chi connectivity index (χ3n) is 7.09. The van der Waals surface area contributed by atoms with Gasteiger partial charge in [0.2, 0.25) is 10.0 Å². The molecule has 0 bridgehead atoms. The number of rotatable bonds is 11. The standard InChI is InChI=1S/C30H36N2O4S/c1-20-21(2)23(4)30(24(5)22(20)3)37(35,36)32-18-16-25-12-14-26(15-13-25)28(10-6-7-11-29(33)34)27-9-8-17-31-19-27/h8-10,12-15,17,19,32H,6-7,11,16,18H2,1-5H3,(H,33,34). The van der Waals surface area contributed by atoms with E-state index in [1.165, 1.54) is 0 Å². The lowest BCUT2D eigenvalue weighted by Gasteiger charge is -2.19. The molecule has 3 rings (SSSR count). The van der Waals surface area contributed by atoms with Gasteiger partial charge in [0.25, 0.3) is 0 Å². The summed E-state index contributed by atoms with van der Waals surface area (Å²) in [6.07, 6.45) is 7.48. The van der Waals surface area contributed by atoms with Gasteiger partial charge in [0.15, 0.2) is 0 Å². The molecule has 0 amide bonds. The van der Waals surface area contributed by atoms with E-state index in [1.54, 1.807) is 12.4 Å². The van der Waals surface area contributed by atoms with Crippen molar-refractivity contribution in [1.29, 1.82) is 0 Å². The van der Waals surface area contributed by atoms with E-state index in [0.717, 1.165) is 50.1 Å². The summed E-state index contributed by atoms with van der Waals surface area (Å²) in [5.41, 5.74) is 8.76. The lowest BCUT2D eigenvalue weighted by Crippen LogP contribution is -2.28. The van der Waals surface area contributed by atoms with Crippen LogP contribution in [0.15, 0.2) is 59.8 Å². The zero-order valence-corrected chi connectivity index (χ0v) is 23.1. The summed E-state index contributed by atoms with van der Waals surface area (Å²) in [4.78, 5) is 15.5. The molecule has 2 aromatic carbocycles. The maximum absolute atomic E-state index is 13.2. The number of benzene rings is 2. The van der Waals surface area contributed by atoms with E-state index in [-0.39, 0.29) is 6.42 Å². The van der Waals surface area contributed by atoms with Gasteiger partial charge in [-0.05, 0) is 104 Å². The molecule has 6 nitrogen and oxygen atoms in total. The number of unbranched alkanes of at least 4 members (excludes halogenated alkanes) is 1. The first-order valence-corrected chi connectivity index (χ1v) is 14.0. The Morgan fingerprint density at radius 1 is 0.919 bits per heavy atom. The average Bonchev–Trinajstić information content (AvgIpc) is 2.87. The van der Waals surface area contributed by atoms with Gasteiger partial charge in [-0.25, -0.2) is 13.1 Å². The third-order valence-corrected chi connectivity index (χ3v) is 8.82. The SMILES string of the molecule is Cc1c(C)c(C)c(S(=O)(=O)NCCc2ccc(C(=CCCCC(=O)O)c3cccnc3)cc2)c(C)c1C. The Balaban J connectivity index is 1.73. The highest BCUT2D eigenvalue weighted by atomic mass is 32.2. The highest BCUT2D eigenvalue weighted by molar-refractivity contribution is 7.89. The molecule has 1 aromatic heterocycles. The van der Waals surface area contributed by atoms with Crippen LogP contribution in [0.1, 0.15) is 63.8 Å². The van der Waals surface area contributed by atoms with Crippen LogP contribution in [0.25, 0.3) is 5.57 Å². The van der Waals surface area contributed by atoms with Gasteiger partial charge in [0.1, 0.15) is 0 Å². The second kappa shape index (κ2) is 12.3. The molecule has 37 heavy (non-hydrogen) atoms. The van der Waals surface area contributed by atoms with Crippen molar-refractivity contribution in [2.45, 2.75) is 65.2 Å². The van der Waals surface area contributed by atoms with Crippen molar-refractivity contribution in [3.8, 4) is 0 Å². The van der Waals surface area contributed by atoms with Gasteiger partial charge in [-0.3, -0.25) is 9.78 Å². The quantitative estimate of drug-likeness (QED) is 0.310. The van der Waals surface area contributed by atoms with Crippen molar-refractivity contribution in [3.63, 3.8) is 0 Å². The summed E-state index contributed by atoms with van der Waals surface area (Å²) < 4.78 is 29.2. The first-order chi connectivity index (χ1) is 17.5. The molecule has 0 fully saturated rings. The van der Waals surface area contributed by atoms with Crippen LogP contribution in [0.5, 0.6) is 0 Å². The lowest BCUT2D eigenvalue weighted by molar-refractivity contribution is -0.137. The number of nitrogens with zero attached hydrogens (tertiary/aromatic N) is 1. The molecule has 196 valence electrons. The summed E-state index contributed by atoms with van der Waals surface area (Å²) in [6.45, 7) is 10.0. The molecular formula is C30H36N2O4S. The van der Waals surface area contributed by atoms with Crippen LogP contribution < -0.4 is 4.72 Å². The smallest absolute Gasteiger partial charge is 0.303 e. The number of hydrogen-bond donors (Lipinski definition) is 2. The van der Waals surface area contributed by atoms with Gasteiger partial charge < -0.3 is 5.11 Å². The molecule has 3 aromatic rings. The summed E-state index contributed by atoms with van der Waals surface area (Å²) >= 11 is 0. The molecule has 0 spiro atoms. The fraction of sp³-hybridized carbons (Fsp3) is 0.333. The highest BCUT2D eigenvalue weighted by Crippen LogP contribution is 2.29. The number of sulfonamides is 1. The van der Waals surface area contributed by atoms with Crippen molar-refractivity contribution in [2.75, 3.05) is 6.54 Å². The van der Waals surface area contributed by atoms with Crippen molar-refractivity contribution in [2.24, 2.45) is 0 Å². The van der Waals surface area contributed by atoms with Crippen LogP contribution in [-0.4, -0.2) is 31.0 Å². The zero-order valence-electron chi connectivity index (χ0n) is 22.3. The molecule has 0 saturated heterocycles. The van der Waals surface area contributed by atoms with Crippen LogP contribution in [0.2, 0.25) is 0 Å². The summed E-state index contributed by atoms with van der Waals surface area (Å²) in [6, 6.07) is 11.9. The van der Waals surface area contributed by atoms with E-state index in [9.17, 15) is 13.2 Å². The van der Waals surface area contributed by atoms with Gasteiger partial charge in [0, 0.05) is 30.9 Å². The largest absolute Gasteiger partial charge is 0.481 e. The average molecular weight is 521 g/mol. The number of nitrogens with one attached hydrogen (secondary N) is 1. The Morgan fingerprint density at radius 3 is 2.11 bits per heavy atom. The molecule has 0 aliphatic rings. The number of carboxylic acid groups (broad SMARTS) is 1. The van der Waals surface area contributed by atoms with Gasteiger partial charge in [-0.1, -0.05) is 36.4 Å². The number of aromatic nitrogens is 1. The number of carboxylic acids is 1. The minimum Gasteiger partial charge on any atom is -0.481 e. The molecule has 7 heteroatoms. The minimum atomic E-state index is -3.64. The Kier molecular flexibility index (Phi) is 9.40. The number of aliphatic carboxylic acids is 1. The van der Waals surface area contributed by atoms with Crippen LogP contribution in [0.3, 0.4) is 0 Å². The van der Waals surface area contributed by atoms with Crippen LogP contribution in [0.4, 0.5) is 0 Å². The molecule has 0 aliphatic carbocycles. The van der Waals surface area contributed by atoms with Crippen LogP contribution >= 0.6 is 0 Å². The minimum absolute atomic E-state index is 0.131. The second-order valence-corrected chi connectivity index (χ2v) is 11.1. The molecule has 0 atom stereocenters. The van der Waals surface area contributed by atoms with E-state index >= 15 is 0 Å². The van der Waals surface area contributed by atoms with E-state index in [0.29, 0.717) is 30.7 Å². The molecular weight excluding hydrogens is 484 g/mol. The van der Waals surface area contributed by atoms with Gasteiger partial charge in [-0.15, -0.1) is 0 Å². The first kappa shape index (κ1) is 28.3. The Morgan fingerprint density at radius 2 is 1.54 bits per heavy atom. The van der Waals surface area contributed by atoms with E-state index < -0.39 is 16.0 Å². The summed E-state index contributed by atoms with van der Waals surface area (Å²) in [5.74, 6) is -0.797.